The summed E-state index contributed by atoms with van der Waals surface area (Å²) in [6.45, 7) is 3.14. The predicted octanol–water partition coefficient (Wildman–Crippen LogP) is 4.24. The Hall–Kier alpha value is -2.23. The van der Waals surface area contributed by atoms with Crippen molar-refractivity contribution < 1.29 is 13.9 Å². The maximum Gasteiger partial charge on any atom is 0.166 e. The molecule has 0 saturated heterocycles. The first-order valence-electron chi connectivity index (χ1n) is 7.03. The molecule has 2 aromatic rings. The number of nitrogens with one attached hydrogen (secondary N) is 1. The number of benzene rings is 2. The van der Waals surface area contributed by atoms with Crippen molar-refractivity contribution in [1.82, 2.24) is 0 Å². The van der Waals surface area contributed by atoms with Gasteiger partial charge in [0.1, 0.15) is 5.82 Å². The summed E-state index contributed by atoms with van der Waals surface area (Å²) >= 11 is 0. The fourth-order valence-electron chi connectivity index (χ4n) is 2.02. The first kappa shape index (κ1) is 15.2. The molecule has 0 saturated carbocycles. The van der Waals surface area contributed by atoms with Crippen LogP contribution in [0.15, 0.2) is 42.5 Å². The van der Waals surface area contributed by atoms with Crippen molar-refractivity contribution >= 4 is 5.69 Å². The van der Waals surface area contributed by atoms with Gasteiger partial charge in [0, 0.05) is 12.1 Å². The summed E-state index contributed by atoms with van der Waals surface area (Å²) in [7, 11) is 1.61. The van der Waals surface area contributed by atoms with Crippen LogP contribution in [0.1, 0.15) is 18.9 Å². The Kier molecular flexibility index (Phi) is 5.43. The second kappa shape index (κ2) is 7.53. The molecule has 2 rings (SSSR count). The number of hydrogen-bond acceptors (Lipinski definition) is 3. The normalized spacial score (nSPS) is 10.2. The highest BCUT2D eigenvalue weighted by molar-refractivity contribution is 5.50. The summed E-state index contributed by atoms with van der Waals surface area (Å²) in [5, 5.41) is 3.09. The van der Waals surface area contributed by atoms with Crippen LogP contribution in [0.2, 0.25) is 0 Å². The van der Waals surface area contributed by atoms with Crippen LogP contribution in [0.3, 0.4) is 0 Å². The molecule has 0 aliphatic heterocycles. The molecule has 0 unspecified atom stereocenters. The van der Waals surface area contributed by atoms with E-state index in [2.05, 4.69) is 5.32 Å². The van der Waals surface area contributed by atoms with Gasteiger partial charge in [0.25, 0.3) is 0 Å². The summed E-state index contributed by atoms with van der Waals surface area (Å²) in [6.07, 6.45) is 0.915. The van der Waals surface area contributed by atoms with E-state index in [4.69, 9.17) is 9.47 Å². The van der Waals surface area contributed by atoms with E-state index in [0.29, 0.717) is 30.3 Å². The number of rotatable bonds is 7. The number of anilines is 1. The van der Waals surface area contributed by atoms with Gasteiger partial charge in [0.15, 0.2) is 11.5 Å². The summed E-state index contributed by atoms with van der Waals surface area (Å²) in [5.74, 6) is 1.14. The van der Waals surface area contributed by atoms with Crippen molar-refractivity contribution in [1.29, 1.82) is 0 Å². The molecule has 0 radical (unpaired) electrons. The van der Waals surface area contributed by atoms with Crippen LogP contribution in [-0.4, -0.2) is 13.7 Å². The van der Waals surface area contributed by atoms with E-state index in [1.165, 1.54) is 6.07 Å². The molecule has 112 valence electrons. The van der Waals surface area contributed by atoms with Crippen LogP contribution in [0.5, 0.6) is 11.5 Å². The summed E-state index contributed by atoms with van der Waals surface area (Å²) in [5.41, 5.74) is 1.41. The predicted molar refractivity (Wildman–Crippen MR) is 82.5 cm³/mol. The minimum absolute atomic E-state index is 0.267. The van der Waals surface area contributed by atoms with E-state index >= 15 is 0 Å². The molecule has 0 aliphatic rings. The number of para-hydroxylation sites is 2. The molecule has 0 aromatic heterocycles. The third-order valence-corrected chi connectivity index (χ3v) is 3.07. The Morgan fingerprint density at radius 1 is 1.10 bits per heavy atom. The van der Waals surface area contributed by atoms with Crippen LogP contribution in [0.25, 0.3) is 0 Å². The lowest BCUT2D eigenvalue weighted by atomic mass is 10.1. The summed E-state index contributed by atoms with van der Waals surface area (Å²) < 4.78 is 24.7. The number of hydrogen-bond donors (Lipinski definition) is 1. The highest BCUT2D eigenvalue weighted by Crippen LogP contribution is 2.31. The van der Waals surface area contributed by atoms with E-state index < -0.39 is 0 Å². The highest BCUT2D eigenvalue weighted by atomic mass is 19.1. The molecular formula is C17H20FNO2. The highest BCUT2D eigenvalue weighted by Gasteiger charge is 2.11. The lowest BCUT2D eigenvalue weighted by Gasteiger charge is -2.15. The van der Waals surface area contributed by atoms with Crippen molar-refractivity contribution in [2.45, 2.75) is 19.9 Å². The second-order valence-electron chi connectivity index (χ2n) is 4.63. The Balaban J connectivity index is 2.17. The van der Waals surface area contributed by atoms with Gasteiger partial charge < -0.3 is 14.8 Å². The van der Waals surface area contributed by atoms with E-state index in [-0.39, 0.29) is 5.82 Å². The summed E-state index contributed by atoms with van der Waals surface area (Å²) in [4.78, 5) is 0. The molecular weight excluding hydrogens is 269 g/mol. The standard InChI is InChI=1S/C17H20FNO2/c1-3-11-21-17-13(7-6-10-16(17)20-2)12-19-15-9-5-4-8-14(15)18/h4-10,19H,3,11-12H2,1-2H3. The van der Waals surface area contributed by atoms with Crippen molar-refractivity contribution in [3.8, 4) is 11.5 Å². The van der Waals surface area contributed by atoms with Gasteiger partial charge in [-0.3, -0.25) is 0 Å². The van der Waals surface area contributed by atoms with Gasteiger partial charge >= 0.3 is 0 Å². The third kappa shape index (κ3) is 3.88. The fourth-order valence-corrected chi connectivity index (χ4v) is 2.02. The Bertz CT molecular complexity index is 587. The SMILES string of the molecule is CCCOc1c(CNc2ccccc2F)cccc1OC. The van der Waals surface area contributed by atoms with Crippen LogP contribution in [0, 0.1) is 5.82 Å². The maximum absolute atomic E-state index is 13.6. The molecule has 0 amide bonds. The van der Waals surface area contributed by atoms with Gasteiger partial charge in [0.2, 0.25) is 0 Å². The van der Waals surface area contributed by atoms with Crippen molar-refractivity contribution in [3.63, 3.8) is 0 Å². The van der Waals surface area contributed by atoms with E-state index in [1.807, 2.05) is 25.1 Å². The Labute approximate surface area is 124 Å². The van der Waals surface area contributed by atoms with Gasteiger partial charge in [-0.05, 0) is 24.6 Å². The van der Waals surface area contributed by atoms with Crippen LogP contribution >= 0.6 is 0 Å². The van der Waals surface area contributed by atoms with Crippen molar-refractivity contribution in [2.24, 2.45) is 0 Å². The van der Waals surface area contributed by atoms with E-state index in [9.17, 15) is 4.39 Å². The van der Waals surface area contributed by atoms with Crippen LogP contribution in [0.4, 0.5) is 10.1 Å². The molecule has 0 heterocycles. The van der Waals surface area contributed by atoms with E-state index in [1.54, 1.807) is 25.3 Å². The van der Waals surface area contributed by atoms with Gasteiger partial charge in [-0.2, -0.15) is 0 Å². The zero-order valence-corrected chi connectivity index (χ0v) is 12.4. The van der Waals surface area contributed by atoms with Crippen LogP contribution < -0.4 is 14.8 Å². The smallest absolute Gasteiger partial charge is 0.166 e. The lowest BCUT2D eigenvalue weighted by Crippen LogP contribution is -2.06. The molecule has 21 heavy (non-hydrogen) atoms. The number of methoxy groups -OCH3 is 1. The van der Waals surface area contributed by atoms with Gasteiger partial charge in [0.05, 0.1) is 19.4 Å². The number of ether oxygens (including phenoxy) is 2. The quantitative estimate of drug-likeness (QED) is 0.827. The Morgan fingerprint density at radius 2 is 1.90 bits per heavy atom. The maximum atomic E-state index is 13.6. The molecule has 0 atom stereocenters. The van der Waals surface area contributed by atoms with Crippen LogP contribution in [-0.2, 0) is 6.54 Å². The minimum atomic E-state index is -0.267. The summed E-state index contributed by atoms with van der Waals surface area (Å²) in [6, 6.07) is 12.3. The molecule has 3 nitrogen and oxygen atoms in total. The molecule has 0 fully saturated rings. The van der Waals surface area contributed by atoms with Gasteiger partial charge in [-0.25, -0.2) is 4.39 Å². The monoisotopic (exact) mass is 289 g/mol. The third-order valence-electron chi connectivity index (χ3n) is 3.07. The topological polar surface area (TPSA) is 30.5 Å². The molecule has 1 N–H and O–H groups in total. The first-order valence-corrected chi connectivity index (χ1v) is 7.03. The molecule has 4 heteroatoms. The van der Waals surface area contributed by atoms with Gasteiger partial charge in [-0.1, -0.05) is 31.2 Å². The molecule has 0 bridgehead atoms. The first-order chi connectivity index (χ1) is 10.3. The fraction of sp³-hybridized carbons (Fsp3) is 0.294. The largest absolute Gasteiger partial charge is 0.493 e. The van der Waals surface area contributed by atoms with Crippen molar-refractivity contribution in [3.05, 3.63) is 53.8 Å². The average Bonchev–Trinajstić information content (AvgIpc) is 2.52. The van der Waals surface area contributed by atoms with Gasteiger partial charge in [-0.15, -0.1) is 0 Å². The average molecular weight is 289 g/mol. The minimum Gasteiger partial charge on any atom is -0.493 e. The molecule has 2 aromatic carbocycles. The number of halogens is 1. The second-order valence-corrected chi connectivity index (χ2v) is 4.63. The van der Waals surface area contributed by atoms with E-state index in [0.717, 1.165) is 12.0 Å². The molecule has 0 aliphatic carbocycles. The molecule has 0 spiro atoms. The zero-order chi connectivity index (χ0) is 15.1. The van der Waals surface area contributed by atoms with Crippen molar-refractivity contribution in [2.75, 3.05) is 19.0 Å². The lowest BCUT2D eigenvalue weighted by molar-refractivity contribution is 0.291. The Morgan fingerprint density at radius 3 is 2.62 bits per heavy atom. The zero-order valence-electron chi connectivity index (χ0n) is 12.4.